The lowest BCUT2D eigenvalue weighted by atomic mass is 9.94. The van der Waals surface area contributed by atoms with Crippen molar-refractivity contribution in [2.45, 2.75) is 30.6 Å². The van der Waals surface area contributed by atoms with Gasteiger partial charge in [0.15, 0.2) is 0 Å². The van der Waals surface area contributed by atoms with E-state index in [-0.39, 0.29) is 5.92 Å². The predicted molar refractivity (Wildman–Crippen MR) is 67.6 cm³/mol. The van der Waals surface area contributed by atoms with Crippen LogP contribution in [0.3, 0.4) is 0 Å². The molecule has 1 fully saturated rings. The Kier molecular flexibility index (Phi) is 3.72. The lowest BCUT2D eigenvalue weighted by Crippen LogP contribution is -2.44. The summed E-state index contributed by atoms with van der Waals surface area (Å²) >= 11 is 0. The molecule has 1 aromatic carbocycles. The van der Waals surface area contributed by atoms with Crippen molar-refractivity contribution >= 4 is 10.0 Å². The normalized spacial score (nSPS) is 32.6. The molecule has 6 heteroatoms. The van der Waals surface area contributed by atoms with Gasteiger partial charge in [-0.15, -0.1) is 0 Å². The number of hydrogen-bond acceptors (Lipinski definition) is 4. The standard InChI is InChI=1S/C12H17NO4S/c1-18(16,17)13-11-9(7-10(14)12(11)15)8-5-3-2-4-6-8/h2-6,9-15H,7H2,1H3/t9-,10-,11-,12-/m1/s1. The highest BCUT2D eigenvalue weighted by Gasteiger charge is 2.43. The summed E-state index contributed by atoms with van der Waals surface area (Å²) in [4.78, 5) is 0. The van der Waals surface area contributed by atoms with Crippen molar-refractivity contribution < 1.29 is 18.6 Å². The van der Waals surface area contributed by atoms with Crippen molar-refractivity contribution in [2.75, 3.05) is 6.26 Å². The molecule has 100 valence electrons. The molecular formula is C12H17NO4S. The van der Waals surface area contributed by atoms with Gasteiger partial charge in [0, 0.05) is 5.92 Å². The molecule has 2 rings (SSSR count). The van der Waals surface area contributed by atoms with Crippen molar-refractivity contribution in [2.24, 2.45) is 0 Å². The highest BCUT2D eigenvalue weighted by Crippen LogP contribution is 2.35. The molecule has 0 aliphatic heterocycles. The molecule has 1 aromatic rings. The van der Waals surface area contributed by atoms with Gasteiger partial charge >= 0.3 is 0 Å². The van der Waals surface area contributed by atoms with Gasteiger partial charge in [-0.2, -0.15) is 0 Å². The van der Waals surface area contributed by atoms with Crippen LogP contribution in [0, 0.1) is 0 Å². The Bertz CT molecular complexity index is 502. The molecule has 1 aliphatic carbocycles. The molecule has 0 unspecified atom stereocenters. The van der Waals surface area contributed by atoms with Crippen LogP contribution in [-0.2, 0) is 10.0 Å². The monoisotopic (exact) mass is 271 g/mol. The zero-order chi connectivity index (χ0) is 13.3. The average molecular weight is 271 g/mol. The van der Waals surface area contributed by atoms with Crippen LogP contribution < -0.4 is 4.72 Å². The molecule has 0 aromatic heterocycles. The molecule has 0 amide bonds. The fourth-order valence-electron chi connectivity index (χ4n) is 2.47. The van der Waals surface area contributed by atoms with E-state index < -0.39 is 28.3 Å². The number of nitrogens with one attached hydrogen (secondary N) is 1. The molecule has 4 atom stereocenters. The smallest absolute Gasteiger partial charge is 0.209 e. The minimum atomic E-state index is -3.43. The summed E-state index contributed by atoms with van der Waals surface area (Å²) in [6.45, 7) is 0. The first-order valence-electron chi connectivity index (χ1n) is 5.77. The largest absolute Gasteiger partial charge is 0.390 e. The summed E-state index contributed by atoms with van der Waals surface area (Å²) in [7, 11) is -3.43. The van der Waals surface area contributed by atoms with Crippen molar-refractivity contribution in [3.63, 3.8) is 0 Å². The first-order chi connectivity index (χ1) is 8.38. The van der Waals surface area contributed by atoms with E-state index in [1.54, 1.807) is 0 Å². The lowest BCUT2D eigenvalue weighted by Gasteiger charge is -2.22. The molecule has 0 bridgehead atoms. The molecule has 0 saturated heterocycles. The van der Waals surface area contributed by atoms with Gasteiger partial charge in [-0.1, -0.05) is 30.3 Å². The second kappa shape index (κ2) is 4.97. The molecule has 0 spiro atoms. The van der Waals surface area contributed by atoms with Gasteiger partial charge < -0.3 is 10.2 Å². The third kappa shape index (κ3) is 2.89. The average Bonchev–Trinajstić information content (AvgIpc) is 2.57. The van der Waals surface area contributed by atoms with Crippen molar-refractivity contribution in [1.29, 1.82) is 0 Å². The Morgan fingerprint density at radius 2 is 1.83 bits per heavy atom. The molecule has 3 N–H and O–H groups in total. The zero-order valence-corrected chi connectivity index (χ0v) is 10.8. The van der Waals surface area contributed by atoms with Gasteiger partial charge in [-0.25, -0.2) is 13.1 Å². The van der Waals surface area contributed by atoms with Crippen LogP contribution in [0.4, 0.5) is 0 Å². The zero-order valence-electron chi connectivity index (χ0n) is 10.0. The van der Waals surface area contributed by atoms with Crippen molar-refractivity contribution in [3.8, 4) is 0 Å². The molecule has 18 heavy (non-hydrogen) atoms. The van der Waals surface area contributed by atoms with E-state index in [0.29, 0.717) is 6.42 Å². The Balaban J connectivity index is 2.28. The third-order valence-electron chi connectivity index (χ3n) is 3.27. The van der Waals surface area contributed by atoms with E-state index in [0.717, 1.165) is 11.8 Å². The minimum absolute atomic E-state index is 0.217. The molecule has 0 heterocycles. The molecule has 1 aliphatic rings. The predicted octanol–water partition coefficient (Wildman–Crippen LogP) is -0.186. The first kappa shape index (κ1) is 13.5. The second-order valence-corrected chi connectivity index (χ2v) is 6.51. The molecule has 0 radical (unpaired) electrons. The highest BCUT2D eigenvalue weighted by molar-refractivity contribution is 7.88. The Morgan fingerprint density at radius 3 is 2.39 bits per heavy atom. The van der Waals surface area contributed by atoms with E-state index in [9.17, 15) is 18.6 Å². The lowest BCUT2D eigenvalue weighted by molar-refractivity contribution is 0.0338. The van der Waals surface area contributed by atoms with Gasteiger partial charge in [0.25, 0.3) is 0 Å². The summed E-state index contributed by atoms with van der Waals surface area (Å²) in [5.41, 5.74) is 0.911. The van der Waals surface area contributed by atoms with Crippen LogP contribution in [0.25, 0.3) is 0 Å². The van der Waals surface area contributed by atoms with Gasteiger partial charge in [0.2, 0.25) is 10.0 Å². The van der Waals surface area contributed by atoms with E-state index in [4.69, 9.17) is 0 Å². The first-order valence-corrected chi connectivity index (χ1v) is 7.66. The fourth-order valence-corrected chi connectivity index (χ4v) is 3.26. The van der Waals surface area contributed by atoms with Crippen LogP contribution in [0.15, 0.2) is 30.3 Å². The molecule has 5 nitrogen and oxygen atoms in total. The van der Waals surface area contributed by atoms with E-state index >= 15 is 0 Å². The summed E-state index contributed by atoms with van der Waals surface area (Å²) in [6, 6.07) is 8.62. The minimum Gasteiger partial charge on any atom is -0.390 e. The topological polar surface area (TPSA) is 86.6 Å². The Morgan fingerprint density at radius 1 is 1.22 bits per heavy atom. The number of benzene rings is 1. The Labute approximate surface area is 107 Å². The van der Waals surface area contributed by atoms with Crippen LogP contribution >= 0.6 is 0 Å². The third-order valence-corrected chi connectivity index (χ3v) is 3.97. The summed E-state index contributed by atoms with van der Waals surface area (Å²) in [6.07, 6.45) is -0.593. The number of aliphatic hydroxyl groups excluding tert-OH is 2. The van der Waals surface area contributed by atoms with Crippen LogP contribution in [0.2, 0.25) is 0 Å². The van der Waals surface area contributed by atoms with Crippen molar-refractivity contribution in [3.05, 3.63) is 35.9 Å². The fraction of sp³-hybridized carbons (Fsp3) is 0.500. The van der Waals surface area contributed by atoms with E-state index in [2.05, 4.69) is 4.72 Å². The highest BCUT2D eigenvalue weighted by atomic mass is 32.2. The number of sulfonamides is 1. The van der Waals surface area contributed by atoms with E-state index in [1.165, 1.54) is 0 Å². The quantitative estimate of drug-likeness (QED) is 0.711. The van der Waals surface area contributed by atoms with Gasteiger partial charge in [0.1, 0.15) is 0 Å². The van der Waals surface area contributed by atoms with E-state index in [1.807, 2.05) is 30.3 Å². The van der Waals surface area contributed by atoms with Crippen LogP contribution in [0.1, 0.15) is 17.9 Å². The maximum absolute atomic E-state index is 11.3. The summed E-state index contributed by atoms with van der Waals surface area (Å²) in [5.74, 6) is -0.217. The number of aliphatic hydroxyl groups is 2. The maximum Gasteiger partial charge on any atom is 0.209 e. The number of rotatable bonds is 3. The Hall–Kier alpha value is -0.950. The summed E-state index contributed by atoms with van der Waals surface area (Å²) < 4.78 is 25.0. The van der Waals surface area contributed by atoms with Crippen molar-refractivity contribution in [1.82, 2.24) is 4.72 Å². The second-order valence-electron chi connectivity index (χ2n) is 4.73. The molecular weight excluding hydrogens is 254 g/mol. The maximum atomic E-state index is 11.3. The van der Waals surface area contributed by atoms with Crippen LogP contribution in [0.5, 0.6) is 0 Å². The van der Waals surface area contributed by atoms with Gasteiger partial charge in [0.05, 0.1) is 24.5 Å². The summed E-state index contributed by atoms with van der Waals surface area (Å²) in [5, 5.41) is 19.6. The SMILES string of the molecule is CS(=O)(=O)N[C@H]1[C@H](O)[C@H](O)C[C@@H]1c1ccccc1. The molecule has 1 saturated carbocycles. The van der Waals surface area contributed by atoms with Crippen LogP contribution in [-0.4, -0.2) is 43.1 Å². The number of hydrogen-bond donors (Lipinski definition) is 3. The van der Waals surface area contributed by atoms with Gasteiger partial charge in [-0.05, 0) is 12.0 Å². The van der Waals surface area contributed by atoms with Gasteiger partial charge in [-0.3, -0.25) is 0 Å².